The minimum absolute atomic E-state index is 0.0246. The summed E-state index contributed by atoms with van der Waals surface area (Å²) in [6.07, 6.45) is 1.91. The molecule has 0 unspecified atom stereocenters. The van der Waals surface area contributed by atoms with E-state index in [1.165, 1.54) is 5.56 Å². The molecule has 0 amide bonds. The van der Waals surface area contributed by atoms with Crippen molar-refractivity contribution in [3.63, 3.8) is 0 Å². The van der Waals surface area contributed by atoms with Crippen molar-refractivity contribution >= 4 is 15.9 Å². The van der Waals surface area contributed by atoms with Crippen molar-refractivity contribution < 1.29 is 14.6 Å². The zero-order valence-electron chi connectivity index (χ0n) is 12.0. The van der Waals surface area contributed by atoms with Gasteiger partial charge in [0.1, 0.15) is 0 Å². The van der Waals surface area contributed by atoms with Crippen LogP contribution in [0.15, 0.2) is 46.9 Å². The van der Waals surface area contributed by atoms with E-state index in [0.29, 0.717) is 18.1 Å². The molecular formula is C17H19BrO3. The molecular weight excluding hydrogens is 332 g/mol. The summed E-state index contributed by atoms with van der Waals surface area (Å²) in [4.78, 5) is 0. The minimum Gasteiger partial charge on any atom is -0.493 e. The molecule has 0 fully saturated rings. The van der Waals surface area contributed by atoms with Crippen molar-refractivity contribution in [3.8, 4) is 11.5 Å². The summed E-state index contributed by atoms with van der Waals surface area (Å²) in [5.74, 6) is 1.32. The summed E-state index contributed by atoms with van der Waals surface area (Å²) < 4.78 is 11.9. The maximum Gasteiger partial charge on any atom is 0.175 e. The summed E-state index contributed by atoms with van der Waals surface area (Å²) in [7, 11) is 1.60. The standard InChI is InChI=1S/C17H19BrO3/c1-20-16-11-14(12-19)10-15(18)17(16)21-9-5-8-13-6-3-2-4-7-13/h2-4,6-7,10-11,19H,5,8-9,12H2,1H3. The molecule has 2 rings (SSSR count). The van der Waals surface area contributed by atoms with Crippen LogP contribution in [0.5, 0.6) is 11.5 Å². The topological polar surface area (TPSA) is 38.7 Å². The van der Waals surface area contributed by atoms with Crippen molar-refractivity contribution in [2.24, 2.45) is 0 Å². The van der Waals surface area contributed by atoms with E-state index >= 15 is 0 Å². The highest BCUT2D eigenvalue weighted by atomic mass is 79.9. The fourth-order valence-corrected chi connectivity index (χ4v) is 2.70. The van der Waals surface area contributed by atoms with Crippen LogP contribution in [-0.4, -0.2) is 18.8 Å². The van der Waals surface area contributed by atoms with Crippen LogP contribution in [0.4, 0.5) is 0 Å². The predicted octanol–water partition coefficient (Wildman–Crippen LogP) is 3.96. The van der Waals surface area contributed by atoms with Gasteiger partial charge in [0.25, 0.3) is 0 Å². The van der Waals surface area contributed by atoms with Crippen LogP contribution in [0, 0.1) is 0 Å². The van der Waals surface area contributed by atoms with Crippen molar-refractivity contribution in [3.05, 3.63) is 58.1 Å². The van der Waals surface area contributed by atoms with Gasteiger partial charge in [0.2, 0.25) is 0 Å². The van der Waals surface area contributed by atoms with E-state index in [2.05, 4.69) is 28.1 Å². The Morgan fingerprint density at radius 3 is 2.52 bits per heavy atom. The van der Waals surface area contributed by atoms with Crippen molar-refractivity contribution in [1.82, 2.24) is 0 Å². The molecule has 0 aliphatic heterocycles. The average molecular weight is 351 g/mol. The Morgan fingerprint density at radius 2 is 1.86 bits per heavy atom. The van der Waals surface area contributed by atoms with Gasteiger partial charge in [-0.2, -0.15) is 0 Å². The van der Waals surface area contributed by atoms with Gasteiger partial charge in [-0.1, -0.05) is 30.3 Å². The molecule has 0 atom stereocenters. The van der Waals surface area contributed by atoms with E-state index in [1.54, 1.807) is 13.2 Å². The van der Waals surface area contributed by atoms with Gasteiger partial charge in [0, 0.05) is 0 Å². The second kappa shape index (κ2) is 8.05. The number of hydrogen-bond acceptors (Lipinski definition) is 3. The van der Waals surface area contributed by atoms with Crippen LogP contribution < -0.4 is 9.47 Å². The summed E-state index contributed by atoms with van der Waals surface area (Å²) in [6, 6.07) is 14.0. The van der Waals surface area contributed by atoms with Gasteiger partial charge >= 0.3 is 0 Å². The first-order valence-electron chi connectivity index (χ1n) is 6.88. The van der Waals surface area contributed by atoms with Crippen LogP contribution in [0.1, 0.15) is 17.5 Å². The zero-order chi connectivity index (χ0) is 15.1. The second-order valence-corrected chi connectivity index (χ2v) is 5.56. The van der Waals surface area contributed by atoms with Gasteiger partial charge < -0.3 is 14.6 Å². The predicted molar refractivity (Wildman–Crippen MR) is 86.9 cm³/mol. The molecule has 0 aromatic heterocycles. The van der Waals surface area contributed by atoms with Crippen LogP contribution >= 0.6 is 15.9 Å². The monoisotopic (exact) mass is 350 g/mol. The van der Waals surface area contributed by atoms with Gasteiger partial charge in [0.15, 0.2) is 11.5 Å². The Morgan fingerprint density at radius 1 is 1.10 bits per heavy atom. The Bertz CT molecular complexity index is 570. The second-order valence-electron chi connectivity index (χ2n) is 4.70. The first kappa shape index (κ1) is 15.9. The van der Waals surface area contributed by atoms with Crippen LogP contribution in [-0.2, 0) is 13.0 Å². The van der Waals surface area contributed by atoms with Crippen LogP contribution in [0.25, 0.3) is 0 Å². The molecule has 1 N–H and O–H groups in total. The van der Waals surface area contributed by atoms with E-state index in [1.807, 2.05) is 24.3 Å². The lowest BCUT2D eigenvalue weighted by molar-refractivity contribution is 0.275. The Labute approximate surface area is 133 Å². The van der Waals surface area contributed by atoms with E-state index in [0.717, 1.165) is 22.9 Å². The number of halogens is 1. The zero-order valence-corrected chi connectivity index (χ0v) is 13.6. The molecule has 21 heavy (non-hydrogen) atoms. The number of aryl methyl sites for hydroxylation is 1. The lowest BCUT2D eigenvalue weighted by atomic mass is 10.1. The molecule has 0 radical (unpaired) electrons. The largest absolute Gasteiger partial charge is 0.493 e. The number of benzene rings is 2. The smallest absolute Gasteiger partial charge is 0.175 e. The Hall–Kier alpha value is -1.52. The highest BCUT2D eigenvalue weighted by Crippen LogP contribution is 2.36. The fraction of sp³-hybridized carbons (Fsp3) is 0.294. The number of methoxy groups -OCH3 is 1. The minimum atomic E-state index is -0.0246. The molecule has 0 aliphatic rings. The maximum absolute atomic E-state index is 9.20. The molecule has 0 heterocycles. The fourth-order valence-electron chi connectivity index (χ4n) is 2.10. The maximum atomic E-state index is 9.20. The molecule has 112 valence electrons. The Balaban J connectivity index is 1.93. The number of aliphatic hydroxyl groups is 1. The SMILES string of the molecule is COc1cc(CO)cc(Br)c1OCCCc1ccccc1. The van der Waals surface area contributed by atoms with E-state index in [9.17, 15) is 5.11 Å². The lowest BCUT2D eigenvalue weighted by Gasteiger charge is -2.14. The van der Waals surface area contributed by atoms with Gasteiger partial charge in [-0.15, -0.1) is 0 Å². The van der Waals surface area contributed by atoms with Gasteiger partial charge in [-0.25, -0.2) is 0 Å². The lowest BCUT2D eigenvalue weighted by Crippen LogP contribution is -2.02. The summed E-state index contributed by atoms with van der Waals surface area (Å²) in [6.45, 7) is 0.589. The number of rotatable bonds is 7. The summed E-state index contributed by atoms with van der Waals surface area (Å²) in [5.41, 5.74) is 2.10. The first-order valence-corrected chi connectivity index (χ1v) is 7.68. The molecule has 4 heteroatoms. The van der Waals surface area contributed by atoms with Crippen molar-refractivity contribution in [2.75, 3.05) is 13.7 Å². The van der Waals surface area contributed by atoms with Crippen LogP contribution in [0.3, 0.4) is 0 Å². The number of hydrogen-bond donors (Lipinski definition) is 1. The third-order valence-electron chi connectivity index (χ3n) is 3.17. The molecule has 3 nitrogen and oxygen atoms in total. The average Bonchev–Trinajstić information content (AvgIpc) is 2.53. The molecule has 0 spiro atoms. The quantitative estimate of drug-likeness (QED) is 0.768. The van der Waals surface area contributed by atoms with E-state index in [-0.39, 0.29) is 6.61 Å². The molecule has 0 saturated carbocycles. The third kappa shape index (κ3) is 4.48. The first-order chi connectivity index (χ1) is 10.2. The molecule has 2 aromatic rings. The number of aliphatic hydroxyl groups excluding tert-OH is 1. The van der Waals surface area contributed by atoms with Gasteiger partial charge in [0.05, 0.1) is 24.8 Å². The highest BCUT2D eigenvalue weighted by molar-refractivity contribution is 9.10. The van der Waals surface area contributed by atoms with Gasteiger partial charge in [-0.3, -0.25) is 0 Å². The molecule has 0 bridgehead atoms. The van der Waals surface area contributed by atoms with E-state index in [4.69, 9.17) is 9.47 Å². The van der Waals surface area contributed by atoms with Crippen molar-refractivity contribution in [1.29, 1.82) is 0 Å². The Kier molecular flexibility index (Phi) is 6.08. The highest BCUT2D eigenvalue weighted by Gasteiger charge is 2.11. The van der Waals surface area contributed by atoms with Crippen molar-refractivity contribution in [2.45, 2.75) is 19.4 Å². The third-order valence-corrected chi connectivity index (χ3v) is 3.76. The number of ether oxygens (including phenoxy) is 2. The molecule has 2 aromatic carbocycles. The summed E-state index contributed by atoms with van der Waals surface area (Å²) >= 11 is 3.46. The normalized spacial score (nSPS) is 10.4. The van der Waals surface area contributed by atoms with Gasteiger partial charge in [-0.05, 0) is 52.0 Å². The van der Waals surface area contributed by atoms with Crippen LogP contribution in [0.2, 0.25) is 0 Å². The molecule has 0 saturated heterocycles. The van der Waals surface area contributed by atoms with E-state index < -0.39 is 0 Å². The molecule has 0 aliphatic carbocycles. The summed E-state index contributed by atoms with van der Waals surface area (Å²) in [5, 5.41) is 9.20.